The number of aliphatic hydroxyl groups is 1. The van der Waals surface area contributed by atoms with E-state index in [2.05, 4.69) is 34.6 Å². The fourth-order valence-electron chi connectivity index (χ4n) is 11.5. The molecule has 0 saturated carbocycles. The second-order valence-corrected chi connectivity index (χ2v) is 30.2. The molecule has 0 heterocycles. The van der Waals surface area contributed by atoms with Gasteiger partial charge in [-0.05, 0) is 31.6 Å². The summed E-state index contributed by atoms with van der Waals surface area (Å²) in [6, 6.07) is 0. The lowest BCUT2D eigenvalue weighted by Crippen LogP contribution is -2.30. The predicted octanol–water partition coefficient (Wildman–Crippen LogP) is 22.1. The van der Waals surface area contributed by atoms with Crippen molar-refractivity contribution in [3.63, 3.8) is 0 Å². The van der Waals surface area contributed by atoms with E-state index in [1.165, 1.54) is 212 Å². The van der Waals surface area contributed by atoms with Crippen LogP contribution in [0.4, 0.5) is 0 Å². The molecule has 19 heteroatoms. The molecule has 0 aliphatic carbocycles. The van der Waals surface area contributed by atoms with Gasteiger partial charge in [-0.1, -0.05) is 343 Å². The molecule has 558 valence electrons. The van der Waals surface area contributed by atoms with Crippen molar-refractivity contribution in [3.05, 3.63) is 0 Å². The first-order valence-corrected chi connectivity index (χ1v) is 42.2. The summed E-state index contributed by atoms with van der Waals surface area (Å²) in [4.78, 5) is 72.4. The van der Waals surface area contributed by atoms with Crippen LogP contribution in [-0.2, 0) is 65.4 Å². The van der Waals surface area contributed by atoms with Gasteiger partial charge >= 0.3 is 39.5 Å². The van der Waals surface area contributed by atoms with E-state index in [1.54, 1.807) is 0 Å². The lowest BCUT2D eigenvalue weighted by atomic mass is 10.00. The van der Waals surface area contributed by atoms with E-state index in [4.69, 9.17) is 37.0 Å². The monoisotopic (exact) mass is 1380 g/mol. The summed E-state index contributed by atoms with van der Waals surface area (Å²) in [7, 11) is -9.90. The minimum absolute atomic E-state index is 0.102. The number of phosphoric acid groups is 2. The molecule has 0 aliphatic heterocycles. The number of unbranched alkanes of at least 4 members (excludes halogenated alkanes) is 46. The highest BCUT2D eigenvalue weighted by atomic mass is 31.2. The molecule has 0 saturated heterocycles. The highest BCUT2D eigenvalue weighted by Crippen LogP contribution is 2.45. The quantitative estimate of drug-likeness (QED) is 0.0222. The maximum Gasteiger partial charge on any atom is 0.472 e. The molecule has 3 unspecified atom stereocenters. The molecule has 0 aliphatic rings. The zero-order chi connectivity index (χ0) is 69.1. The smallest absolute Gasteiger partial charge is 0.462 e. The summed E-state index contributed by atoms with van der Waals surface area (Å²) < 4.78 is 68.2. The van der Waals surface area contributed by atoms with Crippen LogP contribution in [0, 0.1) is 5.92 Å². The van der Waals surface area contributed by atoms with Crippen molar-refractivity contribution < 1.29 is 80.2 Å². The number of phosphoric ester groups is 2. The van der Waals surface area contributed by atoms with Crippen LogP contribution < -0.4 is 0 Å². The lowest BCUT2D eigenvalue weighted by Gasteiger charge is -2.21. The third-order valence-electron chi connectivity index (χ3n) is 17.9. The fraction of sp³-hybridized carbons (Fsp3) is 0.947. The number of esters is 4. The van der Waals surface area contributed by atoms with Crippen molar-refractivity contribution >= 4 is 39.5 Å². The Balaban J connectivity index is 5.11. The molecule has 6 atom stereocenters. The van der Waals surface area contributed by atoms with E-state index in [-0.39, 0.29) is 25.7 Å². The van der Waals surface area contributed by atoms with Crippen molar-refractivity contribution in [1.82, 2.24) is 0 Å². The Kier molecular flexibility index (Phi) is 66.8. The predicted molar refractivity (Wildman–Crippen MR) is 382 cm³/mol. The molecule has 0 radical (unpaired) electrons. The summed E-state index contributed by atoms with van der Waals surface area (Å²) in [5, 5.41) is 10.6. The molecule has 0 amide bonds. The number of rotatable bonds is 75. The normalized spacial score (nSPS) is 14.3. The number of hydrogen-bond donors (Lipinski definition) is 3. The molecule has 0 bridgehead atoms. The van der Waals surface area contributed by atoms with Crippen LogP contribution >= 0.6 is 15.6 Å². The molecule has 17 nitrogen and oxygen atoms in total. The van der Waals surface area contributed by atoms with Crippen LogP contribution in [0.3, 0.4) is 0 Å². The first-order valence-electron chi connectivity index (χ1n) is 39.2. The van der Waals surface area contributed by atoms with Crippen LogP contribution in [0.25, 0.3) is 0 Å². The van der Waals surface area contributed by atoms with E-state index >= 15 is 0 Å². The summed E-state index contributed by atoms with van der Waals surface area (Å²) in [6.07, 6.45) is 57.6. The molecule has 0 fully saturated rings. The maximum absolute atomic E-state index is 13.1. The van der Waals surface area contributed by atoms with Crippen molar-refractivity contribution in [2.45, 2.75) is 412 Å². The van der Waals surface area contributed by atoms with Gasteiger partial charge < -0.3 is 33.8 Å². The van der Waals surface area contributed by atoms with Crippen molar-refractivity contribution in [1.29, 1.82) is 0 Å². The Bertz CT molecular complexity index is 1810. The summed E-state index contributed by atoms with van der Waals surface area (Å²) in [5.41, 5.74) is 0. The van der Waals surface area contributed by atoms with Crippen LogP contribution in [0.2, 0.25) is 0 Å². The average Bonchev–Trinajstić information content (AvgIpc) is 1.86. The molecule has 3 N–H and O–H groups in total. The number of aliphatic hydroxyl groups excluding tert-OH is 1. The molecular weight excluding hydrogens is 1230 g/mol. The summed E-state index contributed by atoms with van der Waals surface area (Å²) in [6.45, 7) is 7.14. The second-order valence-electron chi connectivity index (χ2n) is 27.3. The Labute approximate surface area is 575 Å². The Morgan fingerprint density at radius 3 is 0.755 bits per heavy atom. The van der Waals surface area contributed by atoms with Crippen LogP contribution in [0.5, 0.6) is 0 Å². The van der Waals surface area contributed by atoms with Crippen molar-refractivity contribution in [2.75, 3.05) is 39.6 Å². The number of ether oxygens (including phenoxy) is 4. The molecule has 0 aromatic heterocycles. The van der Waals surface area contributed by atoms with Gasteiger partial charge in [-0.25, -0.2) is 9.13 Å². The summed E-state index contributed by atoms with van der Waals surface area (Å²) >= 11 is 0. The van der Waals surface area contributed by atoms with Crippen LogP contribution in [0.15, 0.2) is 0 Å². The largest absolute Gasteiger partial charge is 0.472 e. The first kappa shape index (κ1) is 92.1. The van der Waals surface area contributed by atoms with Crippen LogP contribution in [0.1, 0.15) is 394 Å². The molecule has 0 rings (SSSR count). The number of hydrogen-bond acceptors (Lipinski definition) is 15. The highest BCUT2D eigenvalue weighted by Gasteiger charge is 2.30. The van der Waals surface area contributed by atoms with E-state index in [1.807, 2.05) is 0 Å². The third kappa shape index (κ3) is 67.3. The molecular formula is C75H146O17P2. The number of carbonyl (C=O) groups excluding carboxylic acids is 4. The van der Waals surface area contributed by atoms with Gasteiger partial charge in [0.15, 0.2) is 12.2 Å². The third-order valence-corrected chi connectivity index (χ3v) is 19.8. The van der Waals surface area contributed by atoms with E-state index in [9.17, 15) is 43.2 Å². The molecule has 0 aromatic carbocycles. The topological polar surface area (TPSA) is 237 Å². The van der Waals surface area contributed by atoms with Gasteiger partial charge in [0.2, 0.25) is 0 Å². The average molecular weight is 1380 g/mol. The molecule has 94 heavy (non-hydrogen) atoms. The first-order chi connectivity index (χ1) is 45.6. The van der Waals surface area contributed by atoms with Gasteiger partial charge in [-0.15, -0.1) is 0 Å². The van der Waals surface area contributed by atoms with Gasteiger partial charge in [0, 0.05) is 25.7 Å². The van der Waals surface area contributed by atoms with Gasteiger partial charge in [0.1, 0.15) is 19.3 Å². The summed E-state index contributed by atoms with van der Waals surface area (Å²) in [5.74, 6) is -1.41. The highest BCUT2D eigenvalue weighted by molar-refractivity contribution is 7.47. The SMILES string of the molecule is CCCCCCCCCCCCCCCCCCCCCCC(=O)O[C@H](COC(=O)CCCCCCCCCCCCCCCCCCCCC)COP(=O)(O)OC[C@@H](O)COP(=O)(O)OC[C@@H](COC(=O)CCCCCCC)OC(=O)CCCCCCCCC(C)CC. The minimum Gasteiger partial charge on any atom is -0.462 e. The molecule has 0 spiro atoms. The maximum atomic E-state index is 13.1. The van der Waals surface area contributed by atoms with E-state index in [0.29, 0.717) is 25.7 Å². The van der Waals surface area contributed by atoms with Crippen LogP contribution in [-0.4, -0.2) is 96.7 Å². The fourth-order valence-corrected chi connectivity index (χ4v) is 13.1. The van der Waals surface area contributed by atoms with Gasteiger partial charge in [-0.2, -0.15) is 0 Å². The lowest BCUT2D eigenvalue weighted by molar-refractivity contribution is -0.161. The zero-order valence-electron chi connectivity index (χ0n) is 61.1. The Morgan fingerprint density at radius 1 is 0.298 bits per heavy atom. The van der Waals surface area contributed by atoms with E-state index in [0.717, 1.165) is 102 Å². The van der Waals surface area contributed by atoms with Gasteiger partial charge in [0.05, 0.1) is 26.4 Å². The Hall–Kier alpha value is -1.94. The van der Waals surface area contributed by atoms with Gasteiger partial charge in [-0.3, -0.25) is 37.3 Å². The molecule has 0 aromatic rings. The second kappa shape index (κ2) is 68.2. The van der Waals surface area contributed by atoms with Crippen molar-refractivity contribution in [3.8, 4) is 0 Å². The number of carbonyl (C=O) groups is 4. The zero-order valence-corrected chi connectivity index (χ0v) is 62.9. The van der Waals surface area contributed by atoms with E-state index < -0.39 is 97.5 Å². The Morgan fingerprint density at radius 2 is 0.511 bits per heavy atom. The minimum atomic E-state index is -4.95. The van der Waals surface area contributed by atoms with Gasteiger partial charge in [0.25, 0.3) is 0 Å². The van der Waals surface area contributed by atoms with Crippen molar-refractivity contribution in [2.24, 2.45) is 5.92 Å². The standard InChI is InChI=1S/C75H146O17P2/c1-6-10-13-16-18-20-22-24-26-28-30-32-34-36-38-40-42-44-50-55-60-74(79)91-71(65-86-73(78)59-54-49-43-41-39-37-35-33-31-29-27-25-23-21-19-17-14-11-7-2)67-90-94(83,84)88-63-69(76)62-87-93(81,82)89-66-70(64-85-72(77)58-53-47-15-12-8-3)92-75(80)61-56-51-46-45-48-52-57-68(5)9-4/h68-71,76H,6-67H2,1-5H3,(H,81,82)(H,83,84)/t68?,69-,70+,71+/m0/s1.